The van der Waals surface area contributed by atoms with Gasteiger partial charge >= 0.3 is 6.18 Å². The van der Waals surface area contributed by atoms with Gasteiger partial charge in [-0.15, -0.1) is 11.3 Å². The van der Waals surface area contributed by atoms with Crippen LogP contribution in [0.3, 0.4) is 0 Å². The van der Waals surface area contributed by atoms with E-state index in [0.717, 1.165) is 33.5 Å². The van der Waals surface area contributed by atoms with Crippen molar-refractivity contribution in [3.8, 4) is 0 Å². The zero-order valence-electron chi connectivity index (χ0n) is 16.7. The highest BCUT2D eigenvalue weighted by atomic mass is 32.2. The number of benzene rings is 1. The van der Waals surface area contributed by atoms with Gasteiger partial charge in [-0.3, -0.25) is 9.59 Å². The lowest BCUT2D eigenvalue weighted by molar-refractivity contribution is -0.141. The largest absolute Gasteiger partial charge is 0.433 e. The number of halogens is 3. The van der Waals surface area contributed by atoms with Gasteiger partial charge in [-0.05, 0) is 23.9 Å². The molecule has 11 heteroatoms. The van der Waals surface area contributed by atoms with Crippen molar-refractivity contribution >= 4 is 34.7 Å². The van der Waals surface area contributed by atoms with Crippen molar-refractivity contribution in [1.29, 1.82) is 0 Å². The summed E-state index contributed by atoms with van der Waals surface area (Å²) >= 11 is 2.25. The van der Waals surface area contributed by atoms with Crippen LogP contribution in [0.5, 0.6) is 0 Å². The van der Waals surface area contributed by atoms with Crippen LogP contribution in [0.2, 0.25) is 0 Å². The molecule has 0 bridgehead atoms. The highest BCUT2D eigenvalue weighted by Crippen LogP contribution is 2.35. The number of hydrazone groups is 1. The van der Waals surface area contributed by atoms with Crippen molar-refractivity contribution in [2.45, 2.75) is 30.7 Å². The van der Waals surface area contributed by atoms with Crippen molar-refractivity contribution in [2.75, 3.05) is 5.75 Å². The summed E-state index contributed by atoms with van der Waals surface area (Å²) in [5.41, 5.74) is 0.537. The number of carbonyl (C=O) groups is 1. The molecule has 166 valence electrons. The summed E-state index contributed by atoms with van der Waals surface area (Å²) in [6.45, 7) is 1.97. The van der Waals surface area contributed by atoms with Crippen molar-refractivity contribution in [3.05, 3.63) is 79.9 Å². The number of alkyl halides is 3. The molecule has 1 aliphatic rings. The molecule has 0 aliphatic carbocycles. The van der Waals surface area contributed by atoms with Crippen molar-refractivity contribution in [3.63, 3.8) is 0 Å². The number of carbonyl (C=O) groups excluding carboxylic acids is 1. The molecule has 0 fully saturated rings. The Bertz CT molecular complexity index is 1210. The molecule has 1 atom stereocenters. The molecule has 0 saturated carbocycles. The maximum absolute atomic E-state index is 13.0. The molecule has 32 heavy (non-hydrogen) atoms. The number of thiophene rings is 1. The lowest BCUT2D eigenvalue weighted by Gasteiger charge is -2.22. The first-order valence-electron chi connectivity index (χ1n) is 9.52. The molecule has 6 nitrogen and oxygen atoms in total. The van der Waals surface area contributed by atoms with Crippen LogP contribution in [0.25, 0.3) is 0 Å². The predicted octanol–water partition coefficient (Wildman–Crippen LogP) is 4.63. The molecule has 1 aliphatic heterocycles. The molecule has 1 N–H and O–H groups in total. The molecule has 3 aromatic rings. The van der Waals surface area contributed by atoms with Gasteiger partial charge in [0.05, 0.1) is 22.4 Å². The van der Waals surface area contributed by atoms with Crippen LogP contribution < -0.4 is 5.56 Å². The van der Waals surface area contributed by atoms with E-state index in [-0.39, 0.29) is 17.0 Å². The molecule has 1 amide bonds. The maximum Gasteiger partial charge on any atom is 0.433 e. The molecule has 1 aromatic carbocycles. The fourth-order valence-electron chi connectivity index (χ4n) is 3.23. The number of aromatic amines is 1. The first-order chi connectivity index (χ1) is 15.2. The molecule has 1 unspecified atom stereocenters. The van der Waals surface area contributed by atoms with E-state index in [1.807, 2.05) is 48.7 Å². The lowest BCUT2D eigenvalue weighted by atomic mass is 10.00. The number of hydrogen-bond donors (Lipinski definition) is 1. The Labute approximate surface area is 189 Å². The molecule has 3 heterocycles. The Morgan fingerprint density at radius 3 is 2.69 bits per heavy atom. The van der Waals surface area contributed by atoms with Crippen LogP contribution in [0.1, 0.15) is 34.2 Å². The third kappa shape index (κ3) is 4.94. The minimum absolute atomic E-state index is 0.228. The summed E-state index contributed by atoms with van der Waals surface area (Å²) in [6, 6.07) is 11.7. The maximum atomic E-state index is 13.0. The number of rotatable bonds is 5. The standard InChI is InChI=1S/C21H17F3N4O2S2/c1-12-4-6-13(7-5-12)15-9-14(16-3-2-8-31-16)27-28(15)19(30)11-32-20-25-17(21(22,23)24)10-18(29)26-20/h2-8,10,15H,9,11H2,1H3,(H,25,26,29). The molecule has 2 aromatic heterocycles. The van der Waals surface area contributed by atoms with Crippen LogP contribution >= 0.6 is 23.1 Å². The summed E-state index contributed by atoms with van der Waals surface area (Å²) in [6.07, 6.45) is -4.22. The van der Waals surface area contributed by atoms with Gasteiger partial charge in [0, 0.05) is 12.5 Å². The van der Waals surface area contributed by atoms with E-state index >= 15 is 0 Å². The summed E-state index contributed by atoms with van der Waals surface area (Å²) in [4.78, 5) is 31.2. The van der Waals surface area contributed by atoms with E-state index in [4.69, 9.17) is 0 Å². The highest BCUT2D eigenvalue weighted by Gasteiger charge is 2.35. The quantitative estimate of drug-likeness (QED) is 0.429. The number of thioether (sulfide) groups is 1. The number of aromatic nitrogens is 2. The lowest BCUT2D eigenvalue weighted by Crippen LogP contribution is -2.28. The van der Waals surface area contributed by atoms with E-state index in [2.05, 4.69) is 15.1 Å². The average Bonchev–Trinajstić information content (AvgIpc) is 3.41. The van der Waals surface area contributed by atoms with Crippen molar-refractivity contribution < 1.29 is 18.0 Å². The SMILES string of the molecule is Cc1ccc(C2CC(c3cccs3)=NN2C(=O)CSc2nc(C(F)(F)F)cc(=O)[nH]2)cc1. The van der Waals surface area contributed by atoms with E-state index in [1.54, 1.807) is 0 Å². The Morgan fingerprint density at radius 2 is 2.03 bits per heavy atom. The fraction of sp³-hybridized carbons (Fsp3) is 0.238. The minimum atomic E-state index is -4.75. The van der Waals surface area contributed by atoms with Gasteiger partial charge in [-0.2, -0.15) is 18.3 Å². The van der Waals surface area contributed by atoms with E-state index in [1.165, 1.54) is 16.3 Å². The Hall–Kier alpha value is -2.92. The highest BCUT2D eigenvalue weighted by molar-refractivity contribution is 7.99. The third-order valence-electron chi connectivity index (χ3n) is 4.78. The molecular formula is C21H17F3N4O2S2. The van der Waals surface area contributed by atoms with E-state index in [0.29, 0.717) is 12.5 Å². The zero-order chi connectivity index (χ0) is 22.9. The number of H-pyrrole nitrogens is 1. The van der Waals surface area contributed by atoms with Crippen LogP contribution in [-0.4, -0.2) is 32.3 Å². The minimum Gasteiger partial charge on any atom is -0.301 e. The first-order valence-corrected chi connectivity index (χ1v) is 11.4. The van der Waals surface area contributed by atoms with Gasteiger partial charge in [0.1, 0.15) is 0 Å². The third-order valence-corrected chi connectivity index (χ3v) is 6.55. The van der Waals surface area contributed by atoms with E-state index < -0.39 is 23.3 Å². The predicted molar refractivity (Wildman–Crippen MR) is 117 cm³/mol. The van der Waals surface area contributed by atoms with Crippen LogP contribution in [0.4, 0.5) is 13.2 Å². The van der Waals surface area contributed by atoms with Gasteiger partial charge in [0.25, 0.3) is 11.5 Å². The normalized spacial score (nSPS) is 16.3. The number of nitrogens with zero attached hydrogens (tertiary/aromatic N) is 3. The average molecular weight is 479 g/mol. The van der Waals surface area contributed by atoms with Gasteiger partial charge < -0.3 is 4.98 Å². The molecule has 4 rings (SSSR count). The van der Waals surface area contributed by atoms with Crippen molar-refractivity contribution in [2.24, 2.45) is 5.10 Å². The molecule has 0 radical (unpaired) electrons. The topological polar surface area (TPSA) is 78.4 Å². The summed E-state index contributed by atoms with van der Waals surface area (Å²) < 4.78 is 38.8. The van der Waals surface area contributed by atoms with Crippen molar-refractivity contribution in [1.82, 2.24) is 15.0 Å². The van der Waals surface area contributed by atoms with Crippen LogP contribution in [0, 0.1) is 6.92 Å². The second-order valence-corrected chi connectivity index (χ2v) is 9.03. The Balaban J connectivity index is 1.56. The molecule has 0 spiro atoms. The second kappa shape index (κ2) is 8.91. The van der Waals surface area contributed by atoms with Gasteiger partial charge in [0.2, 0.25) is 0 Å². The number of nitrogens with one attached hydrogen (secondary N) is 1. The van der Waals surface area contributed by atoms with Gasteiger partial charge in [-0.25, -0.2) is 9.99 Å². The second-order valence-electron chi connectivity index (χ2n) is 7.12. The Kier molecular flexibility index (Phi) is 6.20. The van der Waals surface area contributed by atoms with Gasteiger partial charge in [0.15, 0.2) is 10.9 Å². The summed E-state index contributed by atoms with van der Waals surface area (Å²) in [7, 11) is 0. The smallest absolute Gasteiger partial charge is 0.301 e. The monoisotopic (exact) mass is 478 g/mol. The number of amides is 1. The van der Waals surface area contributed by atoms with Gasteiger partial charge in [-0.1, -0.05) is 47.7 Å². The number of aryl methyl sites for hydroxylation is 1. The Morgan fingerprint density at radius 1 is 1.28 bits per heavy atom. The summed E-state index contributed by atoms with van der Waals surface area (Å²) in [5.74, 6) is -0.624. The van der Waals surface area contributed by atoms with E-state index in [9.17, 15) is 22.8 Å². The van der Waals surface area contributed by atoms with Crippen LogP contribution in [-0.2, 0) is 11.0 Å². The molecule has 0 saturated heterocycles. The van der Waals surface area contributed by atoms with Crippen LogP contribution in [0.15, 0.2) is 62.9 Å². The molecular weight excluding hydrogens is 461 g/mol. The number of hydrogen-bond acceptors (Lipinski definition) is 6. The first kappa shape index (κ1) is 22.3. The zero-order valence-corrected chi connectivity index (χ0v) is 18.4. The summed E-state index contributed by atoms with van der Waals surface area (Å²) in [5, 5.41) is 7.55. The fourth-order valence-corrected chi connectivity index (χ4v) is 4.67.